The second kappa shape index (κ2) is 7.58. The molecule has 2 aromatic carbocycles. The number of allylic oxidation sites excluding steroid dienone is 1. The molecule has 3 rings (SSSR count). The van der Waals surface area contributed by atoms with Crippen molar-refractivity contribution in [3.63, 3.8) is 0 Å². The van der Waals surface area contributed by atoms with Gasteiger partial charge in [-0.15, -0.1) is 0 Å². The van der Waals surface area contributed by atoms with E-state index < -0.39 is 5.97 Å². The number of hydrogen-bond acceptors (Lipinski definition) is 1. The zero-order valence-electron chi connectivity index (χ0n) is 17.8. The topological polar surface area (TPSA) is 37.3 Å². The van der Waals surface area contributed by atoms with Crippen LogP contribution in [0.5, 0.6) is 0 Å². The summed E-state index contributed by atoms with van der Waals surface area (Å²) in [7, 11) is 0. The predicted octanol–water partition coefficient (Wildman–Crippen LogP) is 6.61. The van der Waals surface area contributed by atoms with Crippen LogP contribution in [0.25, 0.3) is 11.6 Å². The average molecular weight is 377 g/mol. The molecular formula is C26H32O2. The Bertz CT molecular complexity index is 899. The van der Waals surface area contributed by atoms with Gasteiger partial charge in [-0.05, 0) is 70.4 Å². The number of aryl methyl sites for hydroxylation is 1. The quantitative estimate of drug-likeness (QED) is 0.596. The van der Waals surface area contributed by atoms with Gasteiger partial charge >= 0.3 is 5.97 Å². The molecule has 0 saturated heterocycles. The van der Waals surface area contributed by atoms with Crippen LogP contribution in [0, 0.1) is 0 Å². The third-order valence-electron chi connectivity index (χ3n) is 6.30. The molecule has 1 N–H and O–H groups in total. The second-order valence-corrected chi connectivity index (χ2v) is 9.49. The Morgan fingerprint density at radius 2 is 1.57 bits per heavy atom. The minimum Gasteiger partial charge on any atom is -0.481 e. The fraction of sp³-hybridized carbons (Fsp3) is 0.423. The summed E-state index contributed by atoms with van der Waals surface area (Å²) in [4.78, 5) is 10.7. The van der Waals surface area contributed by atoms with Crippen LogP contribution in [-0.2, 0) is 22.0 Å². The minimum absolute atomic E-state index is 0.176. The fourth-order valence-corrected chi connectivity index (χ4v) is 4.20. The Hall–Kier alpha value is -2.35. The zero-order chi connectivity index (χ0) is 20.5. The van der Waals surface area contributed by atoms with Crippen molar-refractivity contribution >= 4 is 17.6 Å². The smallest absolute Gasteiger partial charge is 0.303 e. The highest BCUT2D eigenvalue weighted by atomic mass is 16.4. The second-order valence-electron chi connectivity index (χ2n) is 9.49. The van der Waals surface area contributed by atoms with Gasteiger partial charge in [0.05, 0.1) is 0 Å². The minimum atomic E-state index is -0.752. The standard InChI is InChI=1S/C26H32O2/c1-18(16-20-8-6-19(7-9-20)10-13-24(27)28)21-11-12-22-23(17-21)26(4,5)15-14-25(22,2)3/h6-9,11-12,16-17H,10,13-15H2,1-5H3,(H,27,28)/b18-16+. The van der Waals surface area contributed by atoms with Gasteiger partial charge in [0.15, 0.2) is 0 Å². The Balaban J connectivity index is 1.86. The Morgan fingerprint density at radius 1 is 0.964 bits per heavy atom. The summed E-state index contributed by atoms with van der Waals surface area (Å²) in [6.45, 7) is 11.6. The number of benzene rings is 2. The van der Waals surface area contributed by atoms with Crippen molar-refractivity contribution in [2.24, 2.45) is 0 Å². The molecule has 148 valence electrons. The molecule has 2 nitrogen and oxygen atoms in total. The van der Waals surface area contributed by atoms with Crippen molar-refractivity contribution in [2.75, 3.05) is 0 Å². The maximum Gasteiger partial charge on any atom is 0.303 e. The Kier molecular flexibility index (Phi) is 5.52. The molecule has 2 heteroatoms. The van der Waals surface area contributed by atoms with E-state index in [2.05, 4.69) is 71.0 Å². The van der Waals surface area contributed by atoms with Crippen molar-refractivity contribution in [1.29, 1.82) is 0 Å². The van der Waals surface area contributed by atoms with Gasteiger partial charge in [0.25, 0.3) is 0 Å². The lowest BCUT2D eigenvalue weighted by atomic mass is 9.63. The van der Waals surface area contributed by atoms with E-state index in [1.165, 1.54) is 35.1 Å². The van der Waals surface area contributed by atoms with Crippen LogP contribution in [0.15, 0.2) is 42.5 Å². The maximum absolute atomic E-state index is 10.7. The molecule has 0 saturated carbocycles. The highest BCUT2D eigenvalue weighted by molar-refractivity contribution is 5.80. The van der Waals surface area contributed by atoms with Crippen molar-refractivity contribution in [2.45, 2.75) is 71.1 Å². The Morgan fingerprint density at radius 3 is 2.18 bits per heavy atom. The van der Waals surface area contributed by atoms with Crippen LogP contribution in [0.1, 0.15) is 81.7 Å². The number of rotatable bonds is 5. The summed E-state index contributed by atoms with van der Waals surface area (Å²) in [6.07, 6.45) is 5.42. The van der Waals surface area contributed by atoms with Crippen LogP contribution in [0.4, 0.5) is 0 Å². The van der Waals surface area contributed by atoms with Crippen LogP contribution in [0.2, 0.25) is 0 Å². The van der Waals surface area contributed by atoms with E-state index in [0.29, 0.717) is 6.42 Å². The van der Waals surface area contributed by atoms with E-state index in [1.54, 1.807) is 0 Å². The van der Waals surface area contributed by atoms with Crippen molar-refractivity contribution < 1.29 is 9.90 Å². The van der Waals surface area contributed by atoms with E-state index in [-0.39, 0.29) is 17.3 Å². The SMILES string of the molecule is C/C(=C\c1ccc(CCC(=O)O)cc1)c1ccc2c(c1)C(C)(C)CCC2(C)C. The van der Waals surface area contributed by atoms with Gasteiger partial charge in [0.1, 0.15) is 0 Å². The monoisotopic (exact) mass is 376 g/mol. The molecule has 0 fully saturated rings. The highest BCUT2D eigenvalue weighted by Crippen LogP contribution is 2.46. The van der Waals surface area contributed by atoms with Crippen molar-refractivity contribution in [1.82, 2.24) is 0 Å². The third-order valence-corrected chi connectivity index (χ3v) is 6.30. The average Bonchev–Trinajstić information content (AvgIpc) is 2.64. The summed E-state index contributed by atoms with van der Waals surface area (Å²) in [5.41, 5.74) is 8.17. The molecule has 1 aliphatic rings. The molecule has 1 aliphatic carbocycles. The van der Waals surface area contributed by atoms with Crippen molar-refractivity contribution in [3.8, 4) is 0 Å². The first-order chi connectivity index (χ1) is 13.1. The normalized spacial score (nSPS) is 17.8. The van der Waals surface area contributed by atoms with Gasteiger partial charge in [-0.1, -0.05) is 76.2 Å². The number of carboxylic acids is 1. The van der Waals surface area contributed by atoms with Crippen LogP contribution < -0.4 is 0 Å². The zero-order valence-corrected chi connectivity index (χ0v) is 17.8. The van der Waals surface area contributed by atoms with Crippen molar-refractivity contribution in [3.05, 3.63) is 70.3 Å². The molecule has 0 radical (unpaired) electrons. The molecule has 0 aliphatic heterocycles. The molecule has 2 aromatic rings. The van der Waals surface area contributed by atoms with Gasteiger partial charge < -0.3 is 5.11 Å². The molecule has 0 atom stereocenters. The van der Waals surface area contributed by atoms with Crippen LogP contribution in [0.3, 0.4) is 0 Å². The molecule has 0 aromatic heterocycles. The summed E-state index contributed by atoms with van der Waals surface area (Å²) in [5, 5.41) is 8.82. The molecule has 28 heavy (non-hydrogen) atoms. The van der Waals surface area contributed by atoms with Crippen LogP contribution in [-0.4, -0.2) is 11.1 Å². The lowest BCUT2D eigenvalue weighted by Gasteiger charge is -2.42. The summed E-state index contributed by atoms with van der Waals surface area (Å²) < 4.78 is 0. The third kappa shape index (κ3) is 4.38. The summed E-state index contributed by atoms with van der Waals surface area (Å²) in [5.74, 6) is -0.752. The maximum atomic E-state index is 10.7. The lowest BCUT2D eigenvalue weighted by Crippen LogP contribution is -2.33. The summed E-state index contributed by atoms with van der Waals surface area (Å²) >= 11 is 0. The van der Waals surface area contributed by atoms with Gasteiger partial charge in [-0.2, -0.15) is 0 Å². The highest BCUT2D eigenvalue weighted by Gasteiger charge is 2.36. The van der Waals surface area contributed by atoms with Gasteiger partial charge in [-0.25, -0.2) is 0 Å². The molecule has 0 unspecified atom stereocenters. The first-order valence-corrected chi connectivity index (χ1v) is 10.2. The van der Waals surface area contributed by atoms with Gasteiger partial charge in [-0.3, -0.25) is 4.79 Å². The van der Waals surface area contributed by atoms with E-state index in [0.717, 1.165) is 11.1 Å². The summed E-state index contributed by atoms with van der Waals surface area (Å²) in [6, 6.07) is 15.2. The largest absolute Gasteiger partial charge is 0.481 e. The van der Waals surface area contributed by atoms with E-state index in [4.69, 9.17) is 5.11 Å². The number of carboxylic acid groups (broad SMARTS) is 1. The lowest BCUT2D eigenvalue weighted by molar-refractivity contribution is -0.136. The Labute approximate surface area is 169 Å². The van der Waals surface area contributed by atoms with E-state index >= 15 is 0 Å². The van der Waals surface area contributed by atoms with Crippen LogP contribution >= 0.6 is 0 Å². The first-order valence-electron chi connectivity index (χ1n) is 10.2. The fourth-order valence-electron chi connectivity index (χ4n) is 4.20. The number of aliphatic carboxylic acids is 1. The molecule has 0 heterocycles. The van der Waals surface area contributed by atoms with Gasteiger partial charge in [0.2, 0.25) is 0 Å². The molecule has 0 bridgehead atoms. The van der Waals surface area contributed by atoms with E-state index in [9.17, 15) is 4.79 Å². The van der Waals surface area contributed by atoms with E-state index in [1.807, 2.05) is 12.1 Å². The first kappa shape index (κ1) is 20.4. The number of hydrogen-bond donors (Lipinski definition) is 1. The number of fused-ring (bicyclic) bond motifs is 1. The molecular weight excluding hydrogens is 344 g/mol. The molecule has 0 spiro atoms. The van der Waals surface area contributed by atoms with Gasteiger partial charge in [0, 0.05) is 6.42 Å². The predicted molar refractivity (Wildman–Crippen MR) is 118 cm³/mol. The number of carbonyl (C=O) groups is 1. The molecule has 0 amide bonds.